The van der Waals surface area contributed by atoms with Gasteiger partial charge in [-0.3, -0.25) is 4.79 Å². The molecular weight excluding hydrogens is 276 g/mol. The molecule has 1 aliphatic rings. The van der Waals surface area contributed by atoms with Crippen molar-refractivity contribution in [3.63, 3.8) is 0 Å². The van der Waals surface area contributed by atoms with Crippen LogP contribution in [0.5, 0.6) is 0 Å². The van der Waals surface area contributed by atoms with Gasteiger partial charge in [0.1, 0.15) is 0 Å². The first kappa shape index (κ1) is 14.8. The number of hydrogen-bond acceptors (Lipinski definition) is 3. The van der Waals surface area contributed by atoms with E-state index in [1.807, 2.05) is 17.5 Å². The summed E-state index contributed by atoms with van der Waals surface area (Å²) >= 11 is 1.68. The van der Waals surface area contributed by atoms with Gasteiger partial charge in [-0.25, -0.2) is 4.79 Å². The average Bonchev–Trinajstić information content (AvgIpc) is 2.92. The number of carbonyl (C=O) groups excluding carboxylic acids is 1. The standard InChI is InChI=1S/C14H20N2O3S/c17-13(18)10-3-1-4-11(9-10)16-14(19)15-7-6-12-5-2-8-20-12/h2,5,8,10-11H,1,3-4,6-7,9H2,(H,17,18)(H2,15,16,19). The molecule has 0 aliphatic heterocycles. The summed E-state index contributed by atoms with van der Waals surface area (Å²) < 4.78 is 0. The number of carboxylic acids is 1. The van der Waals surface area contributed by atoms with Gasteiger partial charge in [-0.2, -0.15) is 0 Å². The van der Waals surface area contributed by atoms with Crippen LogP contribution >= 0.6 is 11.3 Å². The summed E-state index contributed by atoms with van der Waals surface area (Å²) in [6.45, 7) is 0.599. The molecule has 0 spiro atoms. The number of urea groups is 1. The maximum atomic E-state index is 11.8. The molecular formula is C14H20N2O3S. The summed E-state index contributed by atoms with van der Waals surface area (Å²) in [5.74, 6) is -1.07. The van der Waals surface area contributed by atoms with E-state index in [0.717, 1.165) is 19.3 Å². The second-order valence-electron chi connectivity index (χ2n) is 5.13. The highest BCUT2D eigenvalue weighted by atomic mass is 32.1. The van der Waals surface area contributed by atoms with Crippen LogP contribution in [-0.4, -0.2) is 29.7 Å². The summed E-state index contributed by atoms with van der Waals surface area (Å²) in [6.07, 6.45) is 3.80. The van der Waals surface area contributed by atoms with Crippen LogP contribution in [0.3, 0.4) is 0 Å². The molecule has 3 N–H and O–H groups in total. The molecule has 0 bridgehead atoms. The highest BCUT2D eigenvalue weighted by molar-refractivity contribution is 7.09. The maximum absolute atomic E-state index is 11.8. The Balaban J connectivity index is 1.67. The van der Waals surface area contributed by atoms with Crippen molar-refractivity contribution in [1.29, 1.82) is 0 Å². The summed E-state index contributed by atoms with van der Waals surface area (Å²) in [4.78, 5) is 24.0. The van der Waals surface area contributed by atoms with E-state index in [4.69, 9.17) is 5.11 Å². The molecule has 1 fully saturated rings. The van der Waals surface area contributed by atoms with E-state index in [1.54, 1.807) is 11.3 Å². The van der Waals surface area contributed by atoms with E-state index in [-0.39, 0.29) is 18.0 Å². The van der Waals surface area contributed by atoms with Crippen molar-refractivity contribution in [2.45, 2.75) is 38.1 Å². The first-order valence-corrected chi connectivity index (χ1v) is 7.82. The van der Waals surface area contributed by atoms with Crippen LogP contribution in [0.2, 0.25) is 0 Å². The Morgan fingerprint density at radius 2 is 2.25 bits per heavy atom. The smallest absolute Gasteiger partial charge is 0.315 e. The number of carboxylic acid groups (broad SMARTS) is 1. The lowest BCUT2D eigenvalue weighted by atomic mass is 9.86. The van der Waals surface area contributed by atoms with Crippen molar-refractivity contribution in [2.75, 3.05) is 6.54 Å². The average molecular weight is 296 g/mol. The first-order valence-electron chi connectivity index (χ1n) is 6.94. The lowest BCUT2D eigenvalue weighted by Gasteiger charge is -2.27. The van der Waals surface area contributed by atoms with Crippen molar-refractivity contribution in [1.82, 2.24) is 10.6 Å². The van der Waals surface area contributed by atoms with Gasteiger partial charge in [0.15, 0.2) is 0 Å². The summed E-state index contributed by atoms with van der Waals surface area (Å²) in [7, 11) is 0. The maximum Gasteiger partial charge on any atom is 0.315 e. The quantitative estimate of drug-likeness (QED) is 0.779. The number of nitrogens with one attached hydrogen (secondary N) is 2. The van der Waals surface area contributed by atoms with Crippen LogP contribution in [0.1, 0.15) is 30.6 Å². The molecule has 2 atom stereocenters. The monoisotopic (exact) mass is 296 g/mol. The second kappa shape index (κ2) is 7.28. The Kier molecular flexibility index (Phi) is 5.40. The van der Waals surface area contributed by atoms with Gasteiger partial charge in [0.25, 0.3) is 0 Å². The molecule has 110 valence electrons. The second-order valence-corrected chi connectivity index (χ2v) is 6.16. The van der Waals surface area contributed by atoms with Gasteiger partial charge in [0.2, 0.25) is 0 Å². The summed E-state index contributed by atoms with van der Waals surface area (Å²) in [6, 6.07) is 3.82. The third-order valence-electron chi connectivity index (χ3n) is 3.60. The zero-order valence-electron chi connectivity index (χ0n) is 11.3. The molecule has 1 aromatic rings. The molecule has 0 aromatic carbocycles. The molecule has 2 unspecified atom stereocenters. The van der Waals surface area contributed by atoms with Crippen LogP contribution in [0.4, 0.5) is 4.79 Å². The van der Waals surface area contributed by atoms with E-state index in [2.05, 4.69) is 10.6 Å². The fraction of sp³-hybridized carbons (Fsp3) is 0.571. The Labute approximate surface area is 122 Å². The minimum absolute atomic E-state index is 0.0217. The van der Waals surface area contributed by atoms with Crippen LogP contribution in [-0.2, 0) is 11.2 Å². The number of hydrogen-bond donors (Lipinski definition) is 3. The normalized spacial score (nSPS) is 22.2. The van der Waals surface area contributed by atoms with Gasteiger partial charge >= 0.3 is 12.0 Å². The Morgan fingerprint density at radius 3 is 2.95 bits per heavy atom. The van der Waals surface area contributed by atoms with Gasteiger partial charge in [0.05, 0.1) is 5.92 Å². The van der Waals surface area contributed by atoms with Crippen LogP contribution in [0, 0.1) is 5.92 Å². The predicted molar refractivity (Wildman–Crippen MR) is 77.9 cm³/mol. The van der Waals surface area contributed by atoms with Crippen molar-refractivity contribution in [3.8, 4) is 0 Å². The predicted octanol–water partition coefficient (Wildman–Crippen LogP) is 2.23. The van der Waals surface area contributed by atoms with Gasteiger partial charge in [-0.05, 0) is 37.1 Å². The zero-order chi connectivity index (χ0) is 14.4. The molecule has 2 amide bonds. The molecule has 1 aromatic heterocycles. The highest BCUT2D eigenvalue weighted by Gasteiger charge is 2.27. The number of thiophene rings is 1. The topological polar surface area (TPSA) is 78.4 Å². The number of carbonyl (C=O) groups is 2. The highest BCUT2D eigenvalue weighted by Crippen LogP contribution is 2.24. The van der Waals surface area contributed by atoms with Gasteiger partial charge < -0.3 is 15.7 Å². The van der Waals surface area contributed by atoms with Gasteiger partial charge in [0, 0.05) is 17.5 Å². The number of rotatable bonds is 5. The zero-order valence-corrected chi connectivity index (χ0v) is 12.1. The fourth-order valence-corrected chi connectivity index (χ4v) is 3.24. The van der Waals surface area contributed by atoms with Crippen LogP contribution in [0.25, 0.3) is 0 Å². The third-order valence-corrected chi connectivity index (χ3v) is 4.53. The lowest BCUT2D eigenvalue weighted by Crippen LogP contribution is -2.45. The molecule has 2 rings (SSSR count). The van der Waals surface area contributed by atoms with Crippen molar-refractivity contribution >= 4 is 23.3 Å². The summed E-state index contributed by atoms with van der Waals surface area (Å²) in [5, 5.41) is 16.7. The summed E-state index contributed by atoms with van der Waals surface area (Å²) in [5.41, 5.74) is 0. The van der Waals surface area contributed by atoms with Crippen molar-refractivity contribution in [2.24, 2.45) is 5.92 Å². The first-order chi connectivity index (χ1) is 9.65. The molecule has 1 heterocycles. The fourth-order valence-electron chi connectivity index (χ4n) is 2.54. The lowest BCUT2D eigenvalue weighted by molar-refractivity contribution is -0.143. The van der Waals surface area contributed by atoms with E-state index in [1.165, 1.54) is 4.88 Å². The molecule has 0 radical (unpaired) electrons. The minimum Gasteiger partial charge on any atom is -0.481 e. The molecule has 0 saturated heterocycles. The Morgan fingerprint density at radius 1 is 1.40 bits per heavy atom. The van der Waals surface area contributed by atoms with Crippen molar-refractivity contribution < 1.29 is 14.7 Å². The third kappa shape index (κ3) is 4.52. The SMILES string of the molecule is O=C(NCCc1cccs1)NC1CCCC(C(=O)O)C1. The van der Waals surface area contributed by atoms with Crippen LogP contribution < -0.4 is 10.6 Å². The van der Waals surface area contributed by atoms with E-state index >= 15 is 0 Å². The number of aliphatic carboxylic acids is 1. The van der Waals surface area contributed by atoms with E-state index in [0.29, 0.717) is 19.4 Å². The molecule has 20 heavy (non-hydrogen) atoms. The largest absolute Gasteiger partial charge is 0.481 e. The van der Waals surface area contributed by atoms with Gasteiger partial charge in [-0.1, -0.05) is 12.5 Å². The van der Waals surface area contributed by atoms with E-state index < -0.39 is 5.97 Å². The van der Waals surface area contributed by atoms with Crippen LogP contribution in [0.15, 0.2) is 17.5 Å². The molecule has 5 nitrogen and oxygen atoms in total. The Hall–Kier alpha value is -1.56. The van der Waals surface area contributed by atoms with E-state index in [9.17, 15) is 9.59 Å². The molecule has 1 saturated carbocycles. The number of amides is 2. The molecule has 6 heteroatoms. The van der Waals surface area contributed by atoms with Gasteiger partial charge in [-0.15, -0.1) is 11.3 Å². The Bertz CT molecular complexity index is 447. The minimum atomic E-state index is -0.755. The molecule has 1 aliphatic carbocycles. The van der Waals surface area contributed by atoms with Crippen molar-refractivity contribution in [3.05, 3.63) is 22.4 Å².